The lowest BCUT2D eigenvalue weighted by atomic mass is 10.1. The molecule has 0 aliphatic carbocycles. The maximum absolute atomic E-state index is 11.8. The van der Waals surface area contributed by atoms with Crippen LogP contribution in [0, 0.1) is 0 Å². The molecule has 0 amide bonds. The van der Waals surface area contributed by atoms with Gasteiger partial charge in [0.15, 0.2) is 15.7 Å². The molecular formula is C22H24N4O2S. The van der Waals surface area contributed by atoms with Crippen LogP contribution in [-0.2, 0) is 9.84 Å². The summed E-state index contributed by atoms with van der Waals surface area (Å²) in [5.74, 6) is 2.34. The molecule has 0 N–H and O–H groups in total. The van der Waals surface area contributed by atoms with Gasteiger partial charge in [-0.05, 0) is 18.6 Å². The largest absolute Gasteiger partial charge is 0.353 e. The molecule has 0 saturated carbocycles. The highest BCUT2D eigenvalue weighted by atomic mass is 32.2. The van der Waals surface area contributed by atoms with E-state index in [1.807, 2.05) is 48.5 Å². The quantitative estimate of drug-likeness (QED) is 0.664. The van der Waals surface area contributed by atoms with Crippen molar-refractivity contribution < 1.29 is 8.42 Å². The molecule has 0 spiro atoms. The molecule has 1 aromatic heterocycles. The number of hydrogen-bond acceptors (Lipinski definition) is 6. The minimum atomic E-state index is -2.85. The number of para-hydroxylation sites is 1. The first kappa shape index (κ1) is 18.5. The number of nitrogens with zero attached hydrogens (tertiary/aromatic N) is 4. The van der Waals surface area contributed by atoms with Crippen molar-refractivity contribution in [3.05, 3.63) is 54.6 Å². The Kier molecular flexibility index (Phi) is 4.72. The average molecular weight is 409 g/mol. The van der Waals surface area contributed by atoms with Crippen molar-refractivity contribution >= 4 is 26.6 Å². The second-order valence-electron chi connectivity index (χ2n) is 7.83. The third-order valence-corrected chi connectivity index (χ3v) is 7.70. The van der Waals surface area contributed by atoms with E-state index in [0.29, 0.717) is 11.5 Å². The van der Waals surface area contributed by atoms with Crippen LogP contribution in [0.2, 0.25) is 0 Å². The normalized spacial score (nSPS) is 22.2. The summed E-state index contributed by atoms with van der Waals surface area (Å²) in [5.41, 5.74) is 1.95. The fourth-order valence-corrected chi connectivity index (χ4v) is 6.14. The van der Waals surface area contributed by atoms with E-state index < -0.39 is 9.84 Å². The molecule has 5 rings (SSSR count). The van der Waals surface area contributed by atoms with Crippen molar-refractivity contribution in [3.8, 4) is 11.4 Å². The van der Waals surface area contributed by atoms with Crippen LogP contribution in [0.3, 0.4) is 0 Å². The highest BCUT2D eigenvalue weighted by Crippen LogP contribution is 2.29. The standard InChI is InChI=1S/C22H24N4O2S/c27-29(28)15-10-18(16-29)25-11-13-26(14-12-25)22-19-8-4-5-9-20(19)23-21(24-22)17-6-2-1-3-7-17/h1-9,18H,10-16H2. The Morgan fingerprint density at radius 2 is 1.59 bits per heavy atom. The molecular weight excluding hydrogens is 384 g/mol. The number of sulfone groups is 1. The summed E-state index contributed by atoms with van der Waals surface area (Å²) in [4.78, 5) is 14.4. The minimum Gasteiger partial charge on any atom is -0.353 e. The van der Waals surface area contributed by atoms with Gasteiger partial charge >= 0.3 is 0 Å². The van der Waals surface area contributed by atoms with Crippen LogP contribution in [0.4, 0.5) is 5.82 Å². The molecule has 1 unspecified atom stereocenters. The predicted molar refractivity (Wildman–Crippen MR) is 116 cm³/mol. The van der Waals surface area contributed by atoms with Crippen molar-refractivity contribution in [1.29, 1.82) is 0 Å². The number of piperazine rings is 1. The Morgan fingerprint density at radius 1 is 0.862 bits per heavy atom. The summed E-state index contributed by atoms with van der Waals surface area (Å²) in [6.45, 7) is 3.40. The molecule has 3 aromatic rings. The van der Waals surface area contributed by atoms with E-state index in [2.05, 4.69) is 15.9 Å². The molecule has 7 heteroatoms. The zero-order valence-electron chi connectivity index (χ0n) is 16.2. The molecule has 2 fully saturated rings. The average Bonchev–Trinajstić information content (AvgIpc) is 3.13. The van der Waals surface area contributed by atoms with Crippen molar-refractivity contribution in [3.63, 3.8) is 0 Å². The third-order valence-electron chi connectivity index (χ3n) is 5.95. The van der Waals surface area contributed by atoms with Gasteiger partial charge in [0.25, 0.3) is 0 Å². The number of fused-ring (bicyclic) bond motifs is 1. The van der Waals surface area contributed by atoms with Gasteiger partial charge in [0, 0.05) is 43.2 Å². The van der Waals surface area contributed by atoms with Gasteiger partial charge in [-0.2, -0.15) is 0 Å². The van der Waals surface area contributed by atoms with E-state index in [1.165, 1.54) is 0 Å². The lowest BCUT2D eigenvalue weighted by Gasteiger charge is -2.38. The molecule has 3 heterocycles. The van der Waals surface area contributed by atoms with Crippen LogP contribution < -0.4 is 4.90 Å². The maximum Gasteiger partial charge on any atom is 0.162 e. The van der Waals surface area contributed by atoms with Gasteiger partial charge in [0.2, 0.25) is 0 Å². The van der Waals surface area contributed by atoms with Crippen LogP contribution in [0.5, 0.6) is 0 Å². The summed E-state index contributed by atoms with van der Waals surface area (Å²) in [6, 6.07) is 18.4. The summed E-state index contributed by atoms with van der Waals surface area (Å²) in [5, 5.41) is 1.06. The number of hydrogen-bond donors (Lipinski definition) is 0. The molecule has 0 radical (unpaired) electrons. The van der Waals surface area contributed by atoms with Crippen LogP contribution in [0.15, 0.2) is 54.6 Å². The van der Waals surface area contributed by atoms with Gasteiger partial charge in [-0.3, -0.25) is 4.90 Å². The Balaban J connectivity index is 1.43. The molecule has 0 bridgehead atoms. The summed E-state index contributed by atoms with van der Waals surface area (Å²) < 4.78 is 23.7. The van der Waals surface area contributed by atoms with Gasteiger partial charge in [-0.25, -0.2) is 18.4 Å². The van der Waals surface area contributed by atoms with Crippen molar-refractivity contribution in [2.75, 3.05) is 42.6 Å². The fraction of sp³-hybridized carbons (Fsp3) is 0.364. The molecule has 150 valence electrons. The van der Waals surface area contributed by atoms with Crippen LogP contribution in [0.25, 0.3) is 22.3 Å². The van der Waals surface area contributed by atoms with E-state index in [4.69, 9.17) is 9.97 Å². The Morgan fingerprint density at radius 3 is 2.31 bits per heavy atom. The molecule has 2 saturated heterocycles. The first-order chi connectivity index (χ1) is 14.1. The Labute approximate surface area is 171 Å². The Hall–Kier alpha value is -2.51. The smallest absolute Gasteiger partial charge is 0.162 e. The molecule has 1 atom stereocenters. The first-order valence-corrected chi connectivity index (χ1v) is 11.9. The molecule has 2 aromatic carbocycles. The number of aromatic nitrogens is 2. The fourth-order valence-electron chi connectivity index (χ4n) is 4.38. The van der Waals surface area contributed by atoms with E-state index >= 15 is 0 Å². The monoisotopic (exact) mass is 408 g/mol. The lowest BCUT2D eigenvalue weighted by Crippen LogP contribution is -2.51. The second kappa shape index (κ2) is 7.39. The molecule has 2 aliphatic heterocycles. The molecule has 29 heavy (non-hydrogen) atoms. The van der Waals surface area contributed by atoms with Crippen molar-refractivity contribution in [2.24, 2.45) is 0 Å². The summed E-state index contributed by atoms with van der Waals surface area (Å²) >= 11 is 0. The van der Waals surface area contributed by atoms with E-state index in [-0.39, 0.29) is 6.04 Å². The third kappa shape index (κ3) is 3.72. The number of anilines is 1. The van der Waals surface area contributed by atoms with Gasteiger partial charge in [-0.1, -0.05) is 42.5 Å². The second-order valence-corrected chi connectivity index (χ2v) is 10.1. The van der Waals surface area contributed by atoms with Gasteiger partial charge < -0.3 is 4.90 Å². The van der Waals surface area contributed by atoms with Crippen molar-refractivity contribution in [1.82, 2.24) is 14.9 Å². The SMILES string of the molecule is O=S1(=O)CCC(N2CCN(c3nc(-c4ccccc4)nc4ccccc34)CC2)C1. The van der Waals surface area contributed by atoms with Crippen LogP contribution in [0.1, 0.15) is 6.42 Å². The maximum atomic E-state index is 11.8. The van der Waals surface area contributed by atoms with Gasteiger partial charge in [0.1, 0.15) is 5.82 Å². The first-order valence-electron chi connectivity index (χ1n) is 10.1. The minimum absolute atomic E-state index is 0.171. The molecule has 6 nitrogen and oxygen atoms in total. The zero-order chi connectivity index (χ0) is 19.8. The van der Waals surface area contributed by atoms with Crippen LogP contribution in [-0.4, -0.2) is 67.0 Å². The van der Waals surface area contributed by atoms with Gasteiger partial charge in [-0.15, -0.1) is 0 Å². The van der Waals surface area contributed by atoms with E-state index in [9.17, 15) is 8.42 Å². The van der Waals surface area contributed by atoms with Crippen LogP contribution >= 0.6 is 0 Å². The summed E-state index contributed by atoms with van der Waals surface area (Å²) in [6.07, 6.45) is 0.761. The van der Waals surface area contributed by atoms with Crippen molar-refractivity contribution in [2.45, 2.75) is 12.5 Å². The number of benzene rings is 2. The number of rotatable bonds is 3. The van der Waals surface area contributed by atoms with Gasteiger partial charge in [0.05, 0.1) is 17.0 Å². The highest BCUT2D eigenvalue weighted by Gasteiger charge is 2.34. The Bertz CT molecular complexity index is 1130. The lowest BCUT2D eigenvalue weighted by molar-refractivity contribution is 0.200. The molecule has 2 aliphatic rings. The van der Waals surface area contributed by atoms with E-state index in [1.54, 1.807) is 0 Å². The topological polar surface area (TPSA) is 66.4 Å². The summed E-state index contributed by atoms with van der Waals surface area (Å²) in [7, 11) is -2.85. The zero-order valence-corrected chi connectivity index (χ0v) is 17.1. The van der Waals surface area contributed by atoms with E-state index in [0.717, 1.165) is 60.7 Å². The predicted octanol–water partition coefficient (Wildman–Crippen LogP) is 2.61. The highest BCUT2D eigenvalue weighted by molar-refractivity contribution is 7.91.